The van der Waals surface area contributed by atoms with Crippen LogP contribution in [0.25, 0.3) is 10.1 Å². The average molecular weight is 192 g/mol. The molecule has 4 heteroatoms. The highest BCUT2D eigenvalue weighted by Gasteiger charge is 2.07. The van der Waals surface area contributed by atoms with Crippen molar-refractivity contribution in [2.24, 2.45) is 0 Å². The fraction of sp³-hybridized carbons (Fsp3) is 0.111. The van der Waals surface area contributed by atoms with E-state index in [0.29, 0.717) is 5.82 Å². The molecule has 13 heavy (non-hydrogen) atoms. The fourth-order valence-corrected chi connectivity index (χ4v) is 2.11. The maximum atomic E-state index is 11.1. The van der Waals surface area contributed by atoms with Crippen molar-refractivity contribution in [3.05, 3.63) is 23.2 Å². The monoisotopic (exact) mass is 192 g/mol. The second kappa shape index (κ2) is 2.81. The van der Waals surface area contributed by atoms with Gasteiger partial charge in [0.1, 0.15) is 5.82 Å². The maximum absolute atomic E-state index is 11.1. The van der Waals surface area contributed by atoms with E-state index in [1.165, 1.54) is 11.3 Å². The van der Waals surface area contributed by atoms with E-state index < -0.39 is 0 Å². The molecule has 0 bridgehead atoms. The molecule has 0 unspecified atom stereocenters. The third-order valence-corrected chi connectivity index (χ3v) is 3.08. The summed E-state index contributed by atoms with van der Waals surface area (Å²) in [5.41, 5.74) is 5.66. The first-order chi connectivity index (χ1) is 6.18. The summed E-state index contributed by atoms with van der Waals surface area (Å²) >= 11 is 1.39. The van der Waals surface area contributed by atoms with E-state index in [1.54, 1.807) is 13.1 Å². The summed E-state index contributed by atoms with van der Waals surface area (Å²) < 4.78 is 0.896. The normalized spacial score (nSPS) is 10.5. The molecule has 2 rings (SSSR count). The van der Waals surface area contributed by atoms with Crippen LogP contribution in [0.4, 0.5) is 5.82 Å². The molecule has 0 radical (unpaired) electrons. The summed E-state index contributed by atoms with van der Waals surface area (Å²) in [6.07, 6.45) is 1.65. The molecule has 0 aliphatic heterocycles. The summed E-state index contributed by atoms with van der Waals surface area (Å²) in [4.78, 5) is 15.8. The van der Waals surface area contributed by atoms with Gasteiger partial charge in [-0.2, -0.15) is 0 Å². The van der Waals surface area contributed by atoms with Crippen LogP contribution in [0.15, 0.2) is 18.3 Å². The molecule has 2 N–H and O–H groups in total. The fourth-order valence-electron chi connectivity index (χ4n) is 1.16. The number of hydrogen-bond donors (Lipinski definition) is 1. The minimum Gasteiger partial charge on any atom is -0.383 e. The largest absolute Gasteiger partial charge is 0.383 e. The van der Waals surface area contributed by atoms with Gasteiger partial charge in [-0.05, 0) is 24.4 Å². The van der Waals surface area contributed by atoms with Crippen molar-refractivity contribution in [1.82, 2.24) is 4.98 Å². The Morgan fingerprint density at radius 2 is 2.38 bits per heavy atom. The SMILES string of the molecule is CC(=O)c1cc2ccnc(N)c2s1. The van der Waals surface area contributed by atoms with Gasteiger partial charge in [0.05, 0.1) is 9.58 Å². The molecule has 0 aliphatic carbocycles. The number of carbonyl (C=O) groups is 1. The number of nitrogens with two attached hydrogens (primary N) is 1. The minimum absolute atomic E-state index is 0.0700. The zero-order valence-corrected chi connectivity index (χ0v) is 7.89. The average Bonchev–Trinajstić information content (AvgIpc) is 2.49. The summed E-state index contributed by atoms with van der Waals surface area (Å²) in [6, 6.07) is 3.70. The Bertz CT molecular complexity index is 475. The number of carbonyl (C=O) groups excluding carboxylic acids is 1. The lowest BCUT2D eigenvalue weighted by Gasteiger charge is -1.90. The van der Waals surface area contributed by atoms with Gasteiger partial charge in [-0.3, -0.25) is 4.79 Å². The van der Waals surface area contributed by atoms with Crippen molar-refractivity contribution in [2.45, 2.75) is 6.92 Å². The van der Waals surface area contributed by atoms with Crippen molar-refractivity contribution in [3.63, 3.8) is 0 Å². The number of rotatable bonds is 1. The first-order valence-electron chi connectivity index (χ1n) is 3.83. The molecule has 0 fully saturated rings. The van der Waals surface area contributed by atoms with Crippen LogP contribution in [0.3, 0.4) is 0 Å². The summed E-state index contributed by atoms with van der Waals surface area (Å²) in [5.74, 6) is 0.565. The predicted octanol–water partition coefficient (Wildman–Crippen LogP) is 2.08. The number of ketones is 1. The van der Waals surface area contributed by atoms with E-state index in [1.807, 2.05) is 12.1 Å². The molecular weight excluding hydrogens is 184 g/mol. The van der Waals surface area contributed by atoms with Crippen molar-refractivity contribution in [1.29, 1.82) is 0 Å². The molecule has 0 spiro atoms. The number of nitrogen functional groups attached to an aromatic ring is 1. The molecule has 66 valence electrons. The van der Waals surface area contributed by atoms with E-state index in [2.05, 4.69) is 4.98 Å². The van der Waals surface area contributed by atoms with Gasteiger partial charge in [-0.25, -0.2) is 4.98 Å². The summed E-state index contributed by atoms with van der Waals surface area (Å²) in [7, 11) is 0. The quantitative estimate of drug-likeness (QED) is 0.704. The molecule has 3 nitrogen and oxygen atoms in total. The highest BCUT2D eigenvalue weighted by Crippen LogP contribution is 2.28. The Kier molecular flexibility index (Phi) is 1.77. The number of fused-ring (bicyclic) bond motifs is 1. The Morgan fingerprint density at radius 1 is 1.62 bits per heavy atom. The molecular formula is C9H8N2OS. The molecule has 2 aromatic heterocycles. The van der Waals surface area contributed by atoms with Gasteiger partial charge in [-0.1, -0.05) is 0 Å². The second-order valence-corrected chi connectivity index (χ2v) is 3.83. The highest BCUT2D eigenvalue weighted by atomic mass is 32.1. The number of hydrogen-bond acceptors (Lipinski definition) is 4. The third kappa shape index (κ3) is 1.29. The van der Waals surface area contributed by atoms with Crippen LogP contribution in [0.2, 0.25) is 0 Å². The molecule has 0 atom stereocenters. The van der Waals surface area contributed by atoms with E-state index in [9.17, 15) is 4.79 Å². The molecule has 0 saturated heterocycles. The van der Waals surface area contributed by atoms with Crippen molar-refractivity contribution < 1.29 is 4.79 Å². The van der Waals surface area contributed by atoms with Crippen LogP contribution in [0.1, 0.15) is 16.6 Å². The van der Waals surface area contributed by atoms with Crippen LogP contribution in [-0.2, 0) is 0 Å². The van der Waals surface area contributed by atoms with Gasteiger partial charge < -0.3 is 5.73 Å². The summed E-state index contributed by atoms with van der Waals surface area (Å²) in [5, 5.41) is 0.989. The second-order valence-electron chi connectivity index (χ2n) is 2.78. The van der Waals surface area contributed by atoms with E-state index in [0.717, 1.165) is 15.0 Å². The van der Waals surface area contributed by atoms with Crippen LogP contribution < -0.4 is 5.73 Å². The Hall–Kier alpha value is -1.42. The van der Waals surface area contributed by atoms with Gasteiger partial charge in [0, 0.05) is 6.20 Å². The first-order valence-corrected chi connectivity index (χ1v) is 4.65. The third-order valence-electron chi connectivity index (χ3n) is 1.81. The van der Waals surface area contributed by atoms with Gasteiger partial charge in [-0.15, -0.1) is 11.3 Å². The number of Topliss-reactive ketones (excluding diaryl/α,β-unsaturated/α-hetero) is 1. The number of aromatic nitrogens is 1. The lowest BCUT2D eigenvalue weighted by atomic mass is 10.3. The predicted molar refractivity (Wildman–Crippen MR) is 54.0 cm³/mol. The Morgan fingerprint density at radius 3 is 3.00 bits per heavy atom. The Balaban J connectivity index is 2.75. The zero-order valence-electron chi connectivity index (χ0n) is 7.07. The number of pyridine rings is 1. The zero-order chi connectivity index (χ0) is 9.42. The first kappa shape index (κ1) is 8.19. The summed E-state index contributed by atoms with van der Waals surface area (Å²) in [6.45, 7) is 1.55. The molecule has 2 heterocycles. The molecule has 2 aromatic rings. The molecule has 0 amide bonds. The van der Waals surface area contributed by atoms with Gasteiger partial charge >= 0.3 is 0 Å². The van der Waals surface area contributed by atoms with Gasteiger partial charge in [0.15, 0.2) is 5.78 Å². The van der Waals surface area contributed by atoms with E-state index in [4.69, 9.17) is 5.73 Å². The highest BCUT2D eigenvalue weighted by molar-refractivity contribution is 7.21. The van der Waals surface area contributed by atoms with Crippen molar-refractivity contribution in [2.75, 3.05) is 5.73 Å². The number of anilines is 1. The van der Waals surface area contributed by atoms with Gasteiger partial charge in [0.25, 0.3) is 0 Å². The smallest absolute Gasteiger partial charge is 0.169 e. The van der Waals surface area contributed by atoms with Gasteiger partial charge in [0.2, 0.25) is 0 Å². The van der Waals surface area contributed by atoms with E-state index >= 15 is 0 Å². The Labute approximate surface area is 79.2 Å². The number of nitrogens with zero attached hydrogens (tertiary/aromatic N) is 1. The molecule has 0 aliphatic rings. The van der Waals surface area contributed by atoms with Crippen LogP contribution >= 0.6 is 11.3 Å². The van der Waals surface area contributed by atoms with Crippen LogP contribution in [0, 0.1) is 0 Å². The molecule has 0 aromatic carbocycles. The topological polar surface area (TPSA) is 56.0 Å². The number of thiophene rings is 1. The van der Waals surface area contributed by atoms with Crippen LogP contribution in [-0.4, -0.2) is 10.8 Å². The standard InChI is InChI=1S/C9H8N2OS/c1-5(12)7-4-6-2-3-11-9(10)8(6)13-7/h2-4H,1H3,(H2,10,11). The minimum atomic E-state index is 0.0700. The maximum Gasteiger partial charge on any atom is 0.169 e. The van der Waals surface area contributed by atoms with Crippen LogP contribution in [0.5, 0.6) is 0 Å². The van der Waals surface area contributed by atoms with Crippen molar-refractivity contribution >= 4 is 33.0 Å². The lowest BCUT2D eigenvalue weighted by molar-refractivity contribution is 0.102. The lowest BCUT2D eigenvalue weighted by Crippen LogP contribution is -1.87. The van der Waals surface area contributed by atoms with E-state index in [-0.39, 0.29) is 5.78 Å². The van der Waals surface area contributed by atoms with Crippen molar-refractivity contribution in [3.8, 4) is 0 Å². The molecule has 0 saturated carbocycles.